The average molecular weight is 315 g/mol. The smallest absolute Gasteiger partial charge is 0.141 e. The first-order valence-corrected chi connectivity index (χ1v) is 7.79. The van der Waals surface area contributed by atoms with Crippen LogP contribution in [0.4, 0.5) is 5.69 Å². The summed E-state index contributed by atoms with van der Waals surface area (Å²) in [6, 6.07) is 9.49. The van der Waals surface area contributed by atoms with Gasteiger partial charge in [0, 0.05) is 25.5 Å². The predicted octanol–water partition coefficient (Wildman–Crippen LogP) is 2.27. The zero-order valence-electron chi connectivity index (χ0n) is 13.8. The van der Waals surface area contributed by atoms with Crippen LogP contribution in [0, 0.1) is 0 Å². The Morgan fingerprint density at radius 2 is 1.96 bits per heavy atom. The zero-order valence-corrected chi connectivity index (χ0v) is 13.8. The molecule has 0 aliphatic heterocycles. The van der Waals surface area contributed by atoms with E-state index in [9.17, 15) is 5.11 Å². The lowest BCUT2D eigenvalue weighted by Gasteiger charge is -2.19. The SMILES string of the molecule is COc1ccc(C(O)CCN(C)CCc2ccncc2)cc1N. The second-order valence-electron chi connectivity index (χ2n) is 5.71. The molecule has 0 saturated heterocycles. The summed E-state index contributed by atoms with van der Waals surface area (Å²) in [5.74, 6) is 0.635. The molecule has 1 unspecified atom stereocenters. The van der Waals surface area contributed by atoms with Crippen molar-refractivity contribution in [2.75, 3.05) is 33.0 Å². The number of aromatic nitrogens is 1. The van der Waals surface area contributed by atoms with Crippen molar-refractivity contribution in [3.05, 3.63) is 53.9 Å². The Kier molecular flexibility index (Phi) is 6.38. The molecule has 1 atom stereocenters. The van der Waals surface area contributed by atoms with Crippen molar-refractivity contribution in [3.8, 4) is 5.75 Å². The normalized spacial score (nSPS) is 12.3. The van der Waals surface area contributed by atoms with E-state index in [1.165, 1.54) is 5.56 Å². The summed E-state index contributed by atoms with van der Waals surface area (Å²) in [7, 11) is 3.65. The number of hydrogen-bond acceptors (Lipinski definition) is 5. The Balaban J connectivity index is 1.79. The van der Waals surface area contributed by atoms with Crippen LogP contribution in [0.1, 0.15) is 23.7 Å². The second-order valence-corrected chi connectivity index (χ2v) is 5.71. The van der Waals surface area contributed by atoms with Crippen LogP contribution < -0.4 is 10.5 Å². The summed E-state index contributed by atoms with van der Waals surface area (Å²) in [6.07, 6.45) is 4.75. The number of aliphatic hydroxyl groups is 1. The molecule has 0 spiro atoms. The highest BCUT2D eigenvalue weighted by molar-refractivity contribution is 5.54. The van der Waals surface area contributed by atoms with Gasteiger partial charge in [-0.2, -0.15) is 0 Å². The number of nitrogen functional groups attached to an aromatic ring is 1. The highest BCUT2D eigenvalue weighted by atomic mass is 16.5. The number of hydrogen-bond donors (Lipinski definition) is 2. The van der Waals surface area contributed by atoms with Gasteiger partial charge in [0.25, 0.3) is 0 Å². The lowest BCUT2D eigenvalue weighted by molar-refractivity contribution is 0.149. The minimum absolute atomic E-state index is 0.522. The lowest BCUT2D eigenvalue weighted by atomic mass is 10.1. The van der Waals surface area contributed by atoms with Gasteiger partial charge >= 0.3 is 0 Å². The van der Waals surface area contributed by atoms with Crippen LogP contribution in [0.25, 0.3) is 0 Å². The van der Waals surface area contributed by atoms with Gasteiger partial charge in [0.2, 0.25) is 0 Å². The van der Waals surface area contributed by atoms with Crippen LogP contribution in [0.5, 0.6) is 5.75 Å². The highest BCUT2D eigenvalue weighted by Gasteiger charge is 2.11. The molecule has 0 radical (unpaired) electrons. The van der Waals surface area contributed by atoms with Crippen LogP contribution in [0.2, 0.25) is 0 Å². The third kappa shape index (κ3) is 5.23. The van der Waals surface area contributed by atoms with E-state index in [-0.39, 0.29) is 0 Å². The van der Waals surface area contributed by atoms with Crippen molar-refractivity contribution in [1.82, 2.24) is 9.88 Å². The standard InChI is InChI=1S/C18H25N3O2/c1-21(11-7-14-5-9-20-10-6-14)12-8-17(22)15-3-4-18(23-2)16(19)13-15/h3-6,9-10,13,17,22H,7-8,11-12,19H2,1-2H3. The first-order chi connectivity index (χ1) is 11.1. The number of anilines is 1. The average Bonchev–Trinajstić information content (AvgIpc) is 2.58. The Labute approximate surface area is 137 Å². The van der Waals surface area contributed by atoms with E-state index in [0.717, 1.165) is 25.1 Å². The minimum atomic E-state index is -0.522. The van der Waals surface area contributed by atoms with Gasteiger partial charge in [-0.3, -0.25) is 4.98 Å². The highest BCUT2D eigenvalue weighted by Crippen LogP contribution is 2.26. The number of ether oxygens (including phenoxy) is 1. The van der Waals surface area contributed by atoms with E-state index >= 15 is 0 Å². The van der Waals surface area contributed by atoms with Crippen molar-refractivity contribution in [2.45, 2.75) is 18.9 Å². The number of benzene rings is 1. The van der Waals surface area contributed by atoms with Gasteiger partial charge in [-0.05, 0) is 55.3 Å². The molecule has 124 valence electrons. The maximum Gasteiger partial charge on any atom is 0.141 e. The molecule has 2 aromatic rings. The van der Waals surface area contributed by atoms with Gasteiger partial charge in [-0.15, -0.1) is 0 Å². The van der Waals surface area contributed by atoms with E-state index in [2.05, 4.69) is 16.9 Å². The molecule has 5 heteroatoms. The molecule has 1 aromatic carbocycles. The Morgan fingerprint density at radius 1 is 1.22 bits per heavy atom. The molecular weight excluding hydrogens is 290 g/mol. The van der Waals surface area contributed by atoms with E-state index < -0.39 is 6.10 Å². The van der Waals surface area contributed by atoms with Crippen molar-refractivity contribution < 1.29 is 9.84 Å². The Morgan fingerprint density at radius 3 is 2.61 bits per heavy atom. The van der Waals surface area contributed by atoms with Crippen molar-refractivity contribution >= 4 is 5.69 Å². The third-order valence-corrected chi connectivity index (χ3v) is 3.95. The second kappa shape index (κ2) is 8.50. The fourth-order valence-electron chi connectivity index (χ4n) is 2.45. The molecule has 23 heavy (non-hydrogen) atoms. The van der Waals surface area contributed by atoms with Crippen LogP contribution in [-0.4, -0.2) is 42.2 Å². The molecule has 3 N–H and O–H groups in total. The molecule has 2 rings (SSSR count). The van der Waals surface area contributed by atoms with Crippen molar-refractivity contribution in [2.24, 2.45) is 0 Å². The zero-order chi connectivity index (χ0) is 16.7. The molecule has 0 fully saturated rings. The summed E-state index contributed by atoms with van der Waals surface area (Å²) >= 11 is 0. The molecule has 1 heterocycles. The number of nitrogens with zero attached hydrogens (tertiary/aromatic N) is 2. The Hall–Kier alpha value is -2.11. The van der Waals surface area contributed by atoms with Gasteiger partial charge in [0.1, 0.15) is 5.75 Å². The molecule has 0 saturated carbocycles. The summed E-state index contributed by atoms with van der Waals surface area (Å²) in [5, 5.41) is 10.3. The van der Waals surface area contributed by atoms with E-state index in [0.29, 0.717) is 17.9 Å². The van der Waals surface area contributed by atoms with Gasteiger partial charge < -0.3 is 20.5 Å². The summed E-state index contributed by atoms with van der Waals surface area (Å²) < 4.78 is 5.13. The topological polar surface area (TPSA) is 71.6 Å². The predicted molar refractivity (Wildman–Crippen MR) is 92.4 cm³/mol. The van der Waals surface area contributed by atoms with Gasteiger partial charge in [0.05, 0.1) is 18.9 Å². The molecule has 1 aromatic heterocycles. The number of nitrogens with two attached hydrogens (primary N) is 1. The molecular formula is C18H25N3O2. The minimum Gasteiger partial charge on any atom is -0.495 e. The van der Waals surface area contributed by atoms with Gasteiger partial charge in [-0.1, -0.05) is 6.07 Å². The van der Waals surface area contributed by atoms with Crippen molar-refractivity contribution in [1.29, 1.82) is 0 Å². The molecule has 5 nitrogen and oxygen atoms in total. The maximum absolute atomic E-state index is 10.3. The number of likely N-dealkylation sites (N-methyl/N-ethyl adjacent to an activating group) is 1. The van der Waals surface area contributed by atoms with Gasteiger partial charge in [0.15, 0.2) is 0 Å². The van der Waals surface area contributed by atoms with E-state index in [4.69, 9.17) is 10.5 Å². The molecule has 0 aliphatic carbocycles. The Bertz CT molecular complexity index is 604. The molecule has 0 amide bonds. The van der Waals surface area contributed by atoms with Crippen LogP contribution in [0.3, 0.4) is 0 Å². The van der Waals surface area contributed by atoms with E-state index in [1.807, 2.05) is 30.6 Å². The fourth-order valence-corrected chi connectivity index (χ4v) is 2.45. The fraction of sp³-hybridized carbons (Fsp3) is 0.389. The number of aliphatic hydroxyl groups excluding tert-OH is 1. The first-order valence-electron chi connectivity index (χ1n) is 7.79. The first kappa shape index (κ1) is 17.2. The largest absolute Gasteiger partial charge is 0.495 e. The number of methoxy groups -OCH3 is 1. The number of pyridine rings is 1. The van der Waals surface area contributed by atoms with E-state index in [1.54, 1.807) is 19.2 Å². The van der Waals surface area contributed by atoms with Crippen molar-refractivity contribution in [3.63, 3.8) is 0 Å². The van der Waals surface area contributed by atoms with Gasteiger partial charge in [-0.25, -0.2) is 0 Å². The maximum atomic E-state index is 10.3. The van der Waals surface area contributed by atoms with Crippen LogP contribution in [0.15, 0.2) is 42.7 Å². The third-order valence-electron chi connectivity index (χ3n) is 3.95. The molecule has 0 bridgehead atoms. The lowest BCUT2D eigenvalue weighted by Crippen LogP contribution is -2.24. The van der Waals surface area contributed by atoms with Crippen LogP contribution >= 0.6 is 0 Å². The summed E-state index contributed by atoms with van der Waals surface area (Å²) in [6.45, 7) is 1.76. The molecule has 0 aliphatic rings. The number of rotatable bonds is 8. The summed E-state index contributed by atoms with van der Waals surface area (Å²) in [4.78, 5) is 6.24. The quantitative estimate of drug-likeness (QED) is 0.731. The summed E-state index contributed by atoms with van der Waals surface area (Å²) in [5.41, 5.74) is 8.54. The monoisotopic (exact) mass is 315 g/mol. The van der Waals surface area contributed by atoms with Crippen LogP contribution in [-0.2, 0) is 6.42 Å².